The lowest BCUT2D eigenvalue weighted by atomic mass is 9.96. The van der Waals surface area contributed by atoms with Crippen LogP contribution in [0.1, 0.15) is 28.8 Å². The summed E-state index contributed by atoms with van der Waals surface area (Å²) in [6.45, 7) is 3.08. The van der Waals surface area contributed by atoms with Crippen molar-refractivity contribution >= 4 is 11.9 Å². The lowest BCUT2D eigenvalue weighted by molar-refractivity contribution is -0.146. The van der Waals surface area contributed by atoms with Crippen molar-refractivity contribution in [2.45, 2.75) is 19.8 Å². The van der Waals surface area contributed by atoms with E-state index in [1.807, 2.05) is 72.6 Å². The summed E-state index contributed by atoms with van der Waals surface area (Å²) >= 11 is 0. The largest absolute Gasteiger partial charge is 0.469 e. The Balaban J connectivity index is 1.68. The monoisotopic (exact) mass is 403 g/mol. The van der Waals surface area contributed by atoms with Crippen LogP contribution >= 0.6 is 0 Å². The summed E-state index contributed by atoms with van der Waals surface area (Å²) in [7, 11) is 1.41. The molecule has 0 N–H and O–H groups in total. The van der Waals surface area contributed by atoms with E-state index in [1.165, 1.54) is 7.11 Å². The van der Waals surface area contributed by atoms with Crippen LogP contribution in [-0.2, 0) is 9.53 Å². The van der Waals surface area contributed by atoms with Gasteiger partial charge in [-0.2, -0.15) is 5.10 Å². The highest BCUT2D eigenvalue weighted by Gasteiger charge is 2.30. The molecule has 0 saturated carbocycles. The Morgan fingerprint density at radius 3 is 2.33 bits per heavy atom. The number of aromatic nitrogens is 2. The van der Waals surface area contributed by atoms with Gasteiger partial charge in [0.2, 0.25) is 0 Å². The number of nitrogens with zero attached hydrogens (tertiary/aromatic N) is 3. The number of esters is 1. The zero-order valence-corrected chi connectivity index (χ0v) is 17.2. The molecular weight excluding hydrogens is 378 g/mol. The zero-order valence-electron chi connectivity index (χ0n) is 17.2. The molecule has 0 unspecified atom stereocenters. The Morgan fingerprint density at radius 2 is 1.67 bits per heavy atom. The summed E-state index contributed by atoms with van der Waals surface area (Å²) in [5.74, 6) is -0.389. The van der Waals surface area contributed by atoms with Gasteiger partial charge in [0.25, 0.3) is 5.91 Å². The van der Waals surface area contributed by atoms with Crippen LogP contribution in [-0.4, -0.2) is 46.8 Å². The predicted octanol–water partition coefficient (Wildman–Crippen LogP) is 3.87. The lowest BCUT2D eigenvalue weighted by Crippen LogP contribution is -2.40. The van der Waals surface area contributed by atoms with Crippen molar-refractivity contribution in [3.8, 4) is 16.9 Å². The Labute approximate surface area is 176 Å². The number of methoxy groups -OCH3 is 1. The molecule has 0 atom stereocenters. The highest BCUT2D eigenvalue weighted by Crippen LogP contribution is 2.29. The minimum atomic E-state index is -0.195. The van der Waals surface area contributed by atoms with Crippen LogP contribution in [0.5, 0.6) is 0 Å². The van der Waals surface area contributed by atoms with Crippen LogP contribution < -0.4 is 0 Å². The third kappa shape index (κ3) is 3.85. The number of piperidine rings is 1. The van der Waals surface area contributed by atoms with Gasteiger partial charge in [-0.1, -0.05) is 42.5 Å². The molecule has 2 heterocycles. The van der Waals surface area contributed by atoms with E-state index < -0.39 is 0 Å². The first-order valence-corrected chi connectivity index (χ1v) is 10.2. The molecule has 1 aliphatic heterocycles. The van der Waals surface area contributed by atoms with Crippen molar-refractivity contribution in [3.05, 3.63) is 71.9 Å². The van der Waals surface area contributed by atoms with E-state index in [0.717, 1.165) is 16.8 Å². The van der Waals surface area contributed by atoms with E-state index in [2.05, 4.69) is 0 Å². The number of para-hydroxylation sites is 1. The first-order valence-electron chi connectivity index (χ1n) is 10.2. The molecule has 1 saturated heterocycles. The summed E-state index contributed by atoms with van der Waals surface area (Å²) in [5.41, 5.74) is 4.16. The summed E-state index contributed by atoms with van der Waals surface area (Å²) < 4.78 is 6.62. The van der Waals surface area contributed by atoms with Gasteiger partial charge in [-0.15, -0.1) is 0 Å². The maximum absolute atomic E-state index is 13.5. The van der Waals surface area contributed by atoms with Crippen LogP contribution in [0.25, 0.3) is 16.9 Å². The van der Waals surface area contributed by atoms with Crippen LogP contribution in [0.4, 0.5) is 0 Å². The number of amides is 1. The van der Waals surface area contributed by atoms with Gasteiger partial charge in [0, 0.05) is 24.8 Å². The SMILES string of the molecule is COC(=O)C1CCN(C(=O)c2cn(-c3ccccc3)nc2-c2ccccc2C)CC1. The first-order chi connectivity index (χ1) is 14.6. The van der Waals surface area contributed by atoms with Crippen LogP contribution in [0.15, 0.2) is 60.8 Å². The number of rotatable bonds is 4. The molecule has 6 nitrogen and oxygen atoms in total. The molecule has 3 aromatic rings. The molecule has 1 aliphatic rings. The van der Waals surface area contributed by atoms with Gasteiger partial charge < -0.3 is 9.64 Å². The van der Waals surface area contributed by atoms with Crippen molar-refractivity contribution in [2.24, 2.45) is 5.92 Å². The number of likely N-dealkylation sites (tertiary alicyclic amines) is 1. The molecular formula is C24H25N3O3. The van der Waals surface area contributed by atoms with E-state index in [1.54, 1.807) is 4.68 Å². The quantitative estimate of drug-likeness (QED) is 0.621. The van der Waals surface area contributed by atoms with Gasteiger partial charge in [-0.05, 0) is 37.5 Å². The second-order valence-corrected chi connectivity index (χ2v) is 7.58. The highest BCUT2D eigenvalue weighted by molar-refractivity contribution is 6.00. The standard InChI is InChI=1S/C24H25N3O3/c1-17-8-6-7-11-20(17)22-21(16-27(25-22)19-9-4-3-5-10-19)23(28)26-14-12-18(13-15-26)24(29)30-2/h3-11,16,18H,12-15H2,1-2H3. The summed E-state index contributed by atoms with van der Waals surface area (Å²) in [6, 6.07) is 17.7. The molecule has 2 aromatic carbocycles. The zero-order chi connectivity index (χ0) is 21.1. The first kappa shape index (κ1) is 19.9. The van der Waals surface area contributed by atoms with Gasteiger partial charge >= 0.3 is 5.97 Å². The van der Waals surface area contributed by atoms with Crippen LogP contribution in [0.3, 0.4) is 0 Å². The van der Waals surface area contributed by atoms with Gasteiger partial charge in [-0.25, -0.2) is 4.68 Å². The van der Waals surface area contributed by atoms with Crippen molar-refractivity contribution in [1.29, 1.82) is 0 Å². The molecule has 4 rings (SSSR count). The summed E-state index contributed by atoms with van der Waals surface area (Å²) in [6.07, 6.45) is 3.04. The number of carbonyl (C=O) groups excluding carboxylic acids is 2. The minimum absolute atomic E-state index is 0.0567. The topological polar surface area (TPSA) is 64.4 Å². The predicted molar refractivity (Wildman–Crippen MR) is 114 cm³/mol. The number of benzene rings is 2. The lowest BCUT2D eigenvalue weighted by Gasteiger charge is -2.30. The van der Waals surface area contributed by atoms with Crippen molar-refractivity contribution in [2.75, 3.05) is 20.2 Å². The number of ether oxygens (including phenoxy) is 1. The number of carbonyl (C=O) groups is 2. The third-order valence-corrected chi connectivity index (χ3v) is 5.68. The summed E-state index contributed by atoms with van der Waals surface area (Å²) in [5, 5.41) is 4.78. The number of aryl methyl sites for hydroxylation is 1. The maximum atomic E-state index is 13.5. The molecule has 30 heavy (non-hydrogen) atoms. The van der Waals surface area contributed by atoms with Crippen LogP contribution in [0, 0.1) is 12.8 Å². The van der Waals surface area contributed by atoms with E-state index >= 15 is 0 Å². The minimum Gasteiger partial charge on any atom is -0.469 e. The highest BCUT2D eigenvalue weighted by atomic mass is 16.5. The van der Waals surface area contributed by atoms with Gasteiger partial charge in [0.15, 0.2) is 0 Å². The maximum Gasteiger partial charge on any atom is 0.308 e. The molecule has 6 heteroatoms. The van der Waals surface area contributed by atoms with Crippen LogP contribution in [0.2, 0.25) is 0 Å². The third-order valence-electron chi connectivity index (χ3n) is 5.68. The Bertz CT molecular complexity index is 1050. The smallest absolute Gasteiger partial charge is 0.308 e. The average Bonchev–Trinajstić information content (AvgIpc) is 3.24. The average molecular weight is 403 g/mol. The number of hydrogen-bond acceptors (Lipinski definition) is 4. The molecule has 0 bridgehead atoms. The molecule has 1 amide bonds. The summed E-state index contributed by atoms with van der Waals surface area (Å²) in [4.78, 5) is 27.1. The van der Waals surface area contributed by atoms with Crippen molar-refractivity contribution < 1.29 is 14.3 Å². The van der Waals surface area contributed by atoms with E-state index in [4.69, 9.17) is 9.84 Å². The number of hydrogen-bond donors (Lipinski definition) is 0. The van der Waals surface area contributed by atoms with Crippen molar-refractivity contribution in [3.63, 3.8) is 0 Å². The van der Waals surface area contributed by atoms with Crippen molar-refractivity contribution in [1.82, 2.24) is 14.7 Å². The van der Waals surface area contributed by atoms with E-state index in [9.17, 15) is 9.59 Å². The van der Waals surface area contributed by atoms with E-state index in [0.29, 0.717) is 37.2 Å². The Kier molecular flexibility index (Phi) is 5.65. The van der Waals surface area contributed by atoms with E-state index in [-0.39, 0.29) is 17.8 Å². The molecule has 154 valence electrons. The van der Waals surface area contributed by atoms with Gasteiger partial charge in [-0.3, -0.25) is 9.59 Å². The molecule has 1 fully saturated rings. The fourth-order valence-electron chi connectivity index (χ4n) is 3.94. The fourth-order valence-corrected chi connectivity index (χ4v) is 3.94. The molecule has 0 spiro atoms. The normalized spacial score (nSPS) is 14.5. The molecule has 1 aromatic heterocycles. The Morgan fingerprint density at radius 1 is 1.00 bits per heavy atom. The fraction of sp³-hybridized carbons (Fsp3) is 0.292. The molecule has 0 aliphatic carbocycles. The second-order valence-electron chi connectivity index (χ2n) is 7.58. The van der Waals surface area contributed by atoms with Gasteiger partial charge in [0.1, 0.15) is 5.69 Å². The second kappa shape index (κ2) is 8.53. The molecule has 0 radical (unpaired) electrons. The van der Waals surface area contributed by atoms with Gasteiger partial charge in [0.05, 0.1) is 24.3 Å². The Hall–Kier alpha value is -3.41.